The average molecular weight is 473 g/mol. The number of fused-ring (bicyclic) bond motifs is 1. The highest BCUT2D eigenvalue weighted by Gasteiger charge is 2.42. The van der Waals surface area contributed by atoms with Crippen molar-refractivity contribution in [3.63, 3.8) is 0 Å². The van der Waals surface area contributed by atoms with Crippen LogP contribution in [0.5, 0.6) is 0 Å². The van der Waals surface area contributed by atoms with Gasteiger partial charge in [-0.15, -0.1) is 0 Å². The molecule has 170 valence electrons. The number of rotatable bonds is 7. The average Bonchev–Trinajstić information content (AvgIpc) is 3.46. The fourth-order valence-corrected chi connectivity index (χ4v) is 6.60. The fraction of sp³-hybridized carbons (Fsp3) is 0.435. The summed E-state index contributed by atoms with van der Waals surface area (Å²) in [6.07, 6.45) is 1.93. The number of hydrogen-bond acceptors (Lipinski definition) is 6. The maximum absolute atomic E-state index is 13.7. The van der Waals surface area contributed by atoms with Crippen molar-refractivity contribution in [2.75, 3.05) is 18.0 Å². The number of hydrogen-bond donors (Lipinski definition) is 0. The number of anilines is 1. The number of amides is 1. The molecule has 1 saturated heterocycles. The van der Waals surface area contributed by atoms with Gasteiger partial charge in [0, 0.05) is 18.8 Å². The number of aromatic nitrogens is 2. The van der Waals surface area contributed by atoms with Crippen LogP contribution in [0.3, 0.4) is 0 Å². The zero-order chi connectivity index (χ0) is 22.9. The van der Waals surface area contributed by atoms with E-state index < -0.39 is 16.1 Å². The van der Waals surface area contributed by atoms with Gasteiger partial charge in [-0.25, -0.2) is 8.42 Å². The minimum absolute atomic E-state index is 0.117. The number of sulfonamides is 1. The summed E-state index contributed by atoms with van der Waals surface area (Å²) in [7, 11) is -3.89. The smallest absolute Gasteiger partial charge is 0.246 e. The van der Waals surface area contributed by atoms with Crippen molar-refractivity contribution in [3.8, 4) is 0 Å². The van der Waals surface area contributed by atoms with E-state index in [0.717, 1.165) is 23.8 Å². The summed E-state index contributed by atoms with van der Waals surface area (Å²) in [5, 5.41) is 0. The van der Waals surface area contributed by atoms with E-state index in [1.807, 2.05) is 31.2 Å². The standard InChI is InChI=1S/C23H28N4O3S2/c1-4-14-26(18-12-10-17(11-13-18)16(2)3)23(28)20-8-6-15-27(20)32(29,30)21-9-5-7-19-22(21)25-31-24-19/h5,7,9-13,16,20H,4,6,8,14-15H2,1-3H3. The Kier molecular flexibility index (Phi) is 6.60. The van der Waals surface area contributed by atoms with Crippen molar-refractivity contribution >= 4 is 44.4 Å². The second-order valence-corrected chi connectivity index (χ2v) is 10.8. The van der Waals surface area contributed by atoms with Crippen molar-refractivity contribution in [1.29, 1.82) is 0 Å². The monoisotopic (exact) mass is 472 g/mol. The summed E-state index contributed by atoms with van der Waals surface area (Å²) in [6, 6.07) is 12.2. The van der Waals surface area contributed by atoms with Gasteiger partial charge in [-0.05, 0) is 55.0 Å². The normalized spacial score (nSPS) is 17.3. The molecule has 3 aromatic rings. The number of carbonyl (C=O) groups excluding carboxylic acids is 1. The predicted octanol–water partition coefficient (Wildman–Crippen LogP) is 4.41. The molecule has 1 unspecified atom stereocenters. The Hall–Kier alpha value is -2.36. The van der Waals surface area contributed by atoms with Crippen LogP contribution >= 0.6 is 11.7 Å². The Balaban J connectivity index is 1.66. The van der Waals surface area contributed by atoms with Gasteiger partial charge in [0.2, 0.25) is 15.9 Å². The second kappa shape index (κ2) is 9.25. The van der Waals surface area contributed by atoms with Gasteiger partial charge in [0.05, 0.1) is 11.7 Å². The lowest BCUT2D eigenvalue weighted by atomic mass is 10.0. The maximum Gasteiger partial charge on any atom is 0.246 e. The highest BCUT2D eigenvalue weighted by molar-refractivity contribution is 7.89. The summed E-state index contributed by atoms with van der Waals surface area (Å²) < 4.78 is 36.9. The molecule has 1 amide bonds. The topological polar surface area (TPSA) is 83.5 Å². The van der Waals surface area contributed by atoms with Gasteiger partial charge in [0.25, 0.3) is 0 Å². The summed E-state index contributed by atoms with van der Waals surface area (Å²) in [4.78, 5) is 15.5. The highest BCUT2D eigenvalue weighted by atomic mass is 32.2. The van der Waals surface area contributed by atoms with Gasteiger partial charge in [-0.1, -0.05) is 39.0 Å². The molecule has 1 aromatic heterocycles. The van der Waals surface area contributed by atoms with Gasteiger partial charge in [0.15, 0.2) is 0 Å². The molecular formula is C23H28N4O3S2. The predicted molar refractivity (Wildman–Crippen MR) is 128 cm³/mol. The van der Waals surface area contributed by atoms with Crippen molar-refractivity contribution < 1.29 is 13.2 Å². The molecule has 1 fully saturated rings. The SMILES string of the molecule is CCCN(C(=O)C1CCCN1S(=O)(=O)c1cccc2nsnc12)c1ccc(C(C)C)cc1. The summed E-state index contributed by atoms with van der Waals surface area (Å²) in [5.41, 5.74) is 2.92. The molecule has 2 heterocycles. The lowest BCUT2D eigenvalue weighted by Crippen LogP contribution is -2.48. The minimum atomic E-state index is -3.89. The highest BCUT2D eigenvalue weighted by Crippen LogP contribution is 2.32. The molecule has 1 aliphatic heterocycles. The van der Waals surface area contributed by atoms with Crippen LogP contribution in [0, 0.1) is 0 Å². The number of nitrogens with zero attached hydrogens (tertiary/aromatic N) is 4. The van der Waals surface area contributed by atoms with Crippen LogP contribution < -0.4 is 4.90 Å². The van der Waals surface area contributed by atoms with Crippen LogP contribution in [0.1, 0.15) is 51.5 Å². The molecule has 0 bridgehead atoms. The lowest BCUT2D eigenvalue weighted by molar-refractivity contribution is -0.121. The molecular weight excluding hydrogens is 444 g/mol. The van der Waals surface area contributed by atoms with Crippen LogP contribution in [-0.2, 0) is 14.8 Å². The first kappa shape index (κ1) is 22.8. The summed E-state index contributed by atoms with van der Waals surface area (Å²) in [5.74, 6) is 0.228. The van der Waals surface area contributed by atoms with Crippen LogP contribution in [-0.4, -0.2) is 46.5 Å². The molecule has 1 atom stereocenters. The first-order valence-corrected chi connectivity index (χ1v) is 13.2. The molecule has 0 radical (unpaired) electrons. The molecule has 0 saturated carbocycles. The Morgan fingerprint density at radius 2 is 1.94 bits per heavy atom. The molecule has 2 aromatic carbocycles. The third-order valence-corrected chi connectivity index (χ3v) is 8.39. The van der Waals surface area contributed by atoms with E-state index in [1.54, 1.807) is 23.1 Å². The Labute approximate surface area is 193 Å². The van der Waals surface area contributed by atoms with Crippen molar-refractivity contribution in [2.45, 2.75) is 56.9 Å². The van der Waals surface area contributed by atoms with Crippen molar-refractivity contribution in [1.82, 2.24) is 13.1 Å². The zero-order valence-electron chi connectivity index (χ0n) is 18.6. The molecule has 32 heavy (non-hydrogen) atoms. The van der Waals surface area contributed by atoms with Crippen LogP contribution in [0.2, 0.25) is 0 Å². The van der Waals surface area contributed by atoms with E-state index in [1.165, 1.54) is 9.87 Å². The number of carbonyl (C=O) groups is 1. The third-order valence-electron chi connectivity index (χ3n) is 5.91. The molecule has 7 nitrogen and oxygen atoms in total. The van der Waals surface area contributed by atoms with E-state index in [2.05, 4.69) is 22.6 Å². The Morgan fingerprint density at radius 1 is 1.19 bits per heavy atom. The quantitative estimate of drug-likeness (QED) is 0.509. The maximum atomic E-state index is 13.7. The molecule has 1 aliphatic rings. The fourth-order valence-electron chi connectivity index (χ4n) is 4.20. The number of benzene rings is 2. The first-order chi connectivity index (χ1) is 15.3. The van der Waals surface area contributed by atoms with E-state index >= 15 is 0 Å². The van der Waals surface area contributed by atoms with Crippen molar-refractivity contribution in [3.05, 3.63) is 48.0 Å². The first-order valence-electron chi connectivity index (χ1n) is 11.0. The van der Waals surface area contributed by atoms with Crippen LogP contribution in [0.25, 0.3) is 11.0 Å². The summed E-state index contributed by atoms with van der Waals surface area (Å²) in [6.45, 7) is 7.13. The van der Waals surface area contributed by atoms with E-state index in [4.69, 9.17) is 0 Å². The molecule has 0 aliphatic carbocycles. The van der Waals surface area contributed by atoms with E-state index in [9.17, 15) is 13.2 Å². The lowest BCUT2D eigenvalue weighted by Gasteiger charge is -2.30. The third kappa shape index (κ3) is 4.16. The zero-order valence-corrected chi connectivity index (χ0v) is 20.2. The van der Waals surface area contributed by atoms with E-state index in [-0.39, 0.29) is 10.8 Å². The van der Waals surface area contributed by atoms with Gasteiger partial charge in [-0.2, -0.15) is 13.1 Å². The van der Waals surface area contributed by atoms with Crippen molar-refractivity contribution in [2.24, 2.45) is 0 Å². The Bertz CT molecular complexity index is 1210. The van der Waals surface area contributed by atoms with Crippen LogP contribution in [0.4, 0.5) is 5.69 Å². The second-order valence-electron chi connectivity index (χ2n) is 8.40. The van der Waals surface area contributed by atoms with Gasteiger partial charge in [-0.3, -0.25) is 4.79 Å². The van der Waals surface area contributed by atoms with E-state index in [0.29, 0.717) is 42.9 Å². The molecule has 9 heteroatoms. The largest absolute Gasteiger partial charge is 0.311 e. The van der Waals surface area contributed by atoms with Gasteiger partial charge >= 0.3 is 0 Å². The molecule has 0 N–H and O–H groups in total. The van der Waals surface area contributed by atoms with Crippen LogP contribution in [0.15, 0.2) is 47.4 Å². The van der Waals surface area contributed by atoms with Gasteiger partial charge < -0.3 is 4.90 Å². The van der Waals surface area contributed by atoms with Gasteiger partial charge in [0.1, 0.15) is 22.0 Å². The summed E-state index contributed by atoms with van der Waals surface area (Å²) >= 11 is 0.986. The Morgan fingerprint density at radius 3 is 2.62 bits per heavy atom. The molecule has 0 spiro atoms. The minimum Gasteiger partial charge on any atom is -0.311 e. The molecule has 4 rings (SSSR count).